The van der Waals surface area contributed by atoms with Crippen LogP contribution < -0.4 is 10.9 Å². The van der Waals surface area contributed by atoms with Crippen molar-refractivity contribution >= 4 is 5.82 Å². The van der Waals surface area contributed by atoms with E-state index in [4.69, 9.17) is 9.47 Å². The van der Waals surface area contributed by atoms with E-state index in [1.165, 1.54) is 0 Å². The Kier molecular flexibility index (Phi) is 5.80. The Bertz CT molecular complexity index is 413. The summed E-state index contributed by atoms with van der Waals surface area (Å²) in [6, 6.07) is 0. The van der Waals surface area contributed by atoms with Crippen LogP contribution in [-0.2, 0) is 16.0 Å². The molecule has 0 fully saturated rings. The van der Waals surface area contributed by atoms with E-state index in [1.807, 2.05) is 0 Å². The number of anilines is 1. The summed E-state index contributed by atoms with van der Waals surface area (Å²) in [7, 11) is 3.09. The summed E-state index contributed by atoms with van der Waals surface area (Å²) in [6.45, 7) is 5.17. The lowest BCUT2D eigenvalue weighted by atomic mass is 10.2. The summed E-state index contributed by atoms with van der Waals surface area (Å²) in [4.78, 5) is 16.1. The molecule has 18 heavy (non-hydrogen) atoms. The summed E-state index contributed by atoms with van der Waals surface area (Å²) < 4.78 is 11.7. The molecule has 0 bridgehead atoms. The maximum absolute atomic E-state index is 12.0. The molecule has 1 rings (SSSR count). The summed E-state index contributed by atoms with van der Waals surface area (Å²) in [5.74, 6) is 0.723. The molecule has 0 atom stereocenters. The van der Waals surface area contributed by atoms with Gasteiger partial charge >= 0.3 is 0 Å². The van der Waals surface area contributed by atoms with Crippen LogP contribution in [0.2, 0.25) is 0 Å². The zero-order valence-corrected chi connectivity index (χ0v) is 11.3. The first-order valence-electron chi connectivity index (χ1n) is 5.93. The minimum atomic E-state index is -0.398. The van der Waals surface area contributed by atoms with Gasteiger partial charge in [0, 0.05) is 33.2 Å². The molecule has 0 aliphatic carbocycles. The SMILES string of the molecule is COC(CNc1nccn(CC(C)C)c1=O)OC. The molecule has 0 aliphatic heterocycles. The van der Waals surface area contributed by atoms with Gasteiger partial charge in [0.2, 0.25) is 0 Å². The fourth-order valence-electron chi connectivity index (χ4n) is 1.55. The molecule has 1 aromatic heterocycles. The van der Waals surface area contributed by atoms with Gasteiger partial charge in [0.25, 0.3) is 5.56 Å². The third-order valence-electron chi connectivity index (χ3n) is 2.44. The lowest BCUT2D eigenvalue weighted by Gasteiger charge is -2.15. The molecule has 0 unspecified atom stereocenters. The van der Waals surface area contributed by atoms with Gasteiger partial charge in [0.1, 0.15) is 0 Å². The molecule has 0 amide bonds. The van der Waals surface area contributed by atoms with E-state index >= 15 is 0 Å². The quantitative estimate of drug-likeness (QED) is 0.734. The second kappa shape index (κ2) is 7.13. The maximum Gasteiger partial charge on any atom is 0.293 e. The van der Waals surface area contributed by atoms with Gasteiger partial charge in [-0.3, -0.25) is 4.79 Å². The second-order valence-electron chi connectivity index (χ2n) is 4.41. The summed E-state index contributed by atoms with van der Waals surface area (Å²) in [6.07, 6.45) is 2.91. The van der Waals surface area contributed by atoms with Crippen LogP contribution in [0, 0.1) is 5.92 Å². The van der Waals surface area contributed by atoms with E-state index in [0.29, 0.717) is 24.8 Å². The Morgan fingerprint density at radius 2 is 2.06 bits per heavy atom. The Labute approximate surface area is 107 Å². The molecule has 6 nitrogen and oxygen atoms in total. The summed E-state index contributed by atoms with van der Waals surface area (Å²) >= 11 is 0. The first-order chi connectivity index (χ1) is 8.58. The van der Waals surface area contributed by atoms with Crippen molar-refractivity contribution in [2.45, 2.75) is 26.7 Å². The summed E-state index contributed by atoms with van der Waals surface area (Å²) in [5.41, 5.74) is -0.128. The second-order valence-corrected chi connectivity index (χ2v) is 4.41. The number of ether oxygens (including phenoxy) is 2. The van der Waals surface area contributed by atoms with Crippen LogP contribution >= 0.6 is 0 Å². The van der Waals surface area contributed by atoms with Gasteiger partial charge in [0.05, 0.1) is 6.54 Å². The van der Waals surface area contributed by atoms with Crippen molar-refractivity contribution in [3.8, 4) is 0 Å². The van der Waals surface area contributed by atoms with Crippen LogP contribution in [0.1, 0.15) is 13.8 Å². The van der Waals surface area contributed by atoms with Crippen LogP contribution in [0.3, 0.4) is 0 Å². The van der Waals surface area contributed by atoms with E-state index in [2.05, 4.69) is 24.1 Å². The normalized spacial score (nSPS) is 11.2. The van der Waals surface area contributed by atoms with Gasteiger partial charge in [-0.05, 0) is 5.92 Å². The van der Waals surface area contributed by atoms with Crippen LogP contribution in [0.15, 0.2) is 17.2 Å². The fourth-order valence-corrected chi connectivity index (χ4v) is 1.55. The van der Waals surface area contributed by atoms with Crippen LogP contribution in [0.25, 0.3) is 0 Å². The van der Waals surface area contributed by atoms with Crippen molar-refractivity contribution < 1.29 is 9.47 Å². The van der Waals surface area contributed by atoms with Crippen molar-refractivity contribution in [3.05, 3.63) is 22.7 Å². The van der Waals surface area contributed by atoms with E-state index in [1.54, 1.807) is 31.2 Å². The highest BCUT2D eigenvalue weighted by Gasteiger charge is 2.09. The smallest absolute Gasteiger partial charge is 0.293 e. The molecule has 0 aliphatic rings. The third kappa shape index (κ3) is 4.12. The van der Waals surface area contributed by atoms with Crippen molar-refractivity contribution in [3.63, 3.8) is 0 Å². The first kappa shape index (κ1) is 14.7. The minimum absolute atomic E-state index is 0.128. The number of hydrogen-bond acceptors (Lipinski definition) is 5. The van der Waals surface area contributed by atoms with Crippen molar-refractivity contribution in [2.75, 3.05) is 26.1 Å². The van der Waals surface area contributed by atoms with Crippen LogP contribution in [0.5, 0.6) is 0 Å². The number of methoxy groups -OCH3 is 2. The number of rotatable bonds is 7. The number of nitrogens with one attached hydrogen (secondary N) is 1. The Morgan fingerprint density at radius 3 is 2.61 bits per heavy atom. The van der Waals surface area contributed by atoms with E-state index in [9.17, 15) is 4.79 Å². The number of hydrogen-bond donors (Lipinski definition) is 1. The molecule has 0 saturated carbocycles. The topological polar surface area (TPSA) is 65.4 Å². The zero-order valence-electron chi connectivity index (χ0n) is 11.3. The molecule has 1 heterocycles. The van der Waals surface area contributed by atoms with Crippen molar-refractivity contribution in [1.82, 2.24) is 9.55 Å². The predicted octanol–water partition coefficient (Wildman–Crippen LogP) is 0.930. The van der Waals surface area contributed by atoms with Gasteiger partial charge < -0.3 is 19.4 Å². The highest BCUT2D eigenvalue weighted by Crippen LogP contribution is 1.99. The highest BCUT2D eigenvalue weighted by molar-refractivity contribution is 5.30. The standard InChI is InChI=1S/C12H21N3O3/c1-9(2)8-15-6-5-13-11(12(15)16)14-7-10(17-3)18-4/h5-6,9-10H,7-8H2,1-4H3,(H,13,14). The molecule has 1 aromatic rings. The molecule has 6 heteroatoms. The number of aromatic nitrogens is 2. The average molecular weight is 255 g/mol. The molecule has 102 valence electrons. The molecule has 0 aromatic carbocycles. The zero-order chi connectivity index (χ0) is 13.5. The molecule has 0 saturated heterocycles. The third-order valence-corrected chi connectivity index (χ3v) is 2.44. The predicted molar refractivity (Wildman–Crippen MR) is 69.6 cm³/mol. The highest BCUT2D eigenvalue weighted by atomic mass is 16.7. The fraction of sp³-hybridized carbons (Fsp3) is 0.667. The lowest BCUT2D eigenvalue weighted by molar-refractivity contribution is -0.0914. The van der Waals surface area contributed by atoms with E-state index in [-0.39, 0.29) is 5.56 Å². The van der Waals surface area contributed by atoms with Crippen LogP contribution in [0.4, 0.5) is 5.82 Å². The minimum Gasteiger partial charge on any atom is -0.360 e. The van der Waals surface area contributed by atoms with Crippen molar-refractivity contribution in [2.24, 2.45) is 5.92 Å². The maximum atomic E-state index is 12.0. The summed E-state index contributed by atoms with van der Waals surface area (Å²) in [5, 5.41) is 2.93. The van der Waals surface area contributed by atoms with E-state index in [0.717, 1.165) is 0 Å². The Morgan fingerprint density at radius 1 is 1.39 bits per heavy atom. The van der Waals surface area contributed by atoms with E-state index < -0.39 is 6.29 Å². The lowest BCUT2D eigenvalue weighted by Crippen LogP contribution is -2.30. The van der Waals surface area contributed by atoms with Gasteiger partial charge in [-0.25, -0.2) is 4.98 Å². The average Bonchev–Trinajstić information content (AvgIpc) is 2.34. The van der Waals surface area contributed by atoms with Gasteiger partial charge in [-0.2, -0.15) is 0 Å². The molecular formula is C12H21N3O3. The van der Waals surface area contributed by atoms with Gasteiger partial charge in [-0.1, -0.05) is 13.8 Å². The number of nitrogens with zero attached hydrogens (tertiary/aromatic N) is 2. The van der Waals surface area contributed by atoms with Gasteiger partial charge in [-0.15, -0.1) is 0 Å². The van der Waals surface area contributed by atoms with Gasteiger partial charge in [0.15, 0.2) is 12.1 Å². The molecular weight excluding hydrogens is 234 g/mol. The molecule has 0 spiro atoms. The monoisotopic (exact) mass is 255 g/mol. The molecule has 1 N–H and O–H groups in total. The largest absolute Gasteiger partial charge is 0.360 e. The Balaban J connectivity index is 2.75. The Hall–Kier alpha value is -1.40. The van der Waals surface area contributed by atoms with Crippen molar-refractivity contribution in [1.29, 1.82) is 0 Å². The molecule has 0 radical (unpaired) electrons. The first-order valence-corrected chi connectivity index (χ1v) is 5.93. The van der Waals surface area contributed by atoms with Crippen LogP contribution in [-0.4, -0.2) is 36.6 Å².